The van der Waals surface area contributed by atoms with Crippen molar-refractivity contribution in [1.82, 2.24) is 0 Å². The molecule has 1 unspecified atom stereocenters. The maximum absolute atomic E-state index is 12.5. The number of hydrogen-bond acceptors (Lipinski definition) is 2. The van der Waals surface area contributed by atoms with Crippen LogP contribution in [0, 0.1) is 0 Å². The zero-order chi connectivity index (χ0) is 6.78. The Morgan fingerprint density at radius 2 is 2.12 bits per heavy atom. The highest BCUT2D eigenvalue weighted by molar-refractivity contribution is 4.76. The lowest BCUT2D eigenvalue weighted by molar-refractivity contribution is 0.0240. The van der Waals surface area contributed by atoms with Crippen LogP contribution in [-0.2, 0) is 0 Å². The van der Waals surface area contributed by atoms with Gasteiger partial charge in [-0.3, -0.25) is 0 Å². The largest absolute Gasteiger partial charge is 0.388 e. The molecule has 0 heterocycles. The van der Waals surface area contributed by atoms with Gasteiger partial charge in [-0.05, 0) is 13.8 Å². The SMILES string of the molecule is CC(C)(F)C(O)CN. The quantitative estimate of drug-likeness (QED) is 0.542. The number of aliphatic hydroxyl groups excluding tert-OH is 1. The van der Waals surface area contributed by atoms with E-state index in [0.29, 0.717) is 0 Å². The van der Waals surface area contributed by atoms with Crippen molar-refractivity contribution in [1.29, 1.82) is 0 Å². The minimum Gasteiger partial charge on any atom is -0.388 e. The molecule has 1 atom stereocenters. The van der Waals surface area contributed by atoms with Gasteiger partial charge in [0.05, 0.1) is 6.10 Å². The molecule has 0 saturated heterocycles. The third kappa shape index (κ3) is 2.23. The van der Waals surface area contributed by atoms with Gasteiger partial charge in [0, 0.05) is 6.54 Å². The van der Waals surface area contributed by atoms with Crippen molar-refractivity contribution in [3.8, 4) is 0 Å². The first-order valence-corrected chi connectivity index (χ1v) is 2.55. The Kier molecular flexibility index (Phi) is 2.37. The van der Waals surface area contributed by atoms with Gasteiger partial charge in [-0.15, -0.1) is 0 Å². The number of hydrogen-bond donors (Lipinski definition) is 2. The van der Waals surface area contributed by atoms with E-state index >= 15 is 0 Å². The minimum atomic E-state index is -1.56. The van der Waals surface area contributed by atoms with Gasteiger partial charge < -0.3 is 10.8 Å². The second-order valence-electron chi connectivity index (χ2n) is 2.32. The van der Waals surface area contributed by atoms with Crippen molar-refractivity contribution < 1.29 is 9.50 Å². The van der Waals surface area contributed by atoms with E-state index in [1.807, 2.05) is 0 Å². The molecule has 0 saturated carbocycles. The number of alkyl halides is 1. The number of nitrogens with two attached hydrogens (primary N) is 1. The average Bonchev–Trinajstić information content (AvgIpc) is 1.62. The van der Waals surface area contributed by atoms with Gasteiger partial charge in [0.1, 0.15) is 5.67 Å². The maximum atomic E-state index is 12.5. The molecular formula is C5H12FNO. The first kappa shape index (κ1) is 7.85. The van der Waals surface area contributed by atoms with Crippen molar-refractivity contribution in [3.05, 3.63) is 0 Å². The summed E-state index contributed by atoms with van der Waals surface area (Å²) in [6, 6.07) is 0. The number of rotatable bonds is 2. The van der Waals surface area contributed by atoms with Gasteiger partial charge in [0.15, 0.2) is 0 Å². The summed E-state index contributed by atoms with van der Waals surface area (Å²) in [5.41, 5.74) is 3.41. The highest BCUT2D eigenvalue weighted by Gasteiger charge is 2.24. The van der Waals surface area contributed by atoms with Gasteiger partial charge >= 0.3 is 0 Å². The molecule has 0 aromatic carbocycles. The van der Waals surface area contributed by atoms with Crippen LogP contribution in [0.1, 0.15) is 13.8 Å². The second-order valence-corrected chi connectivity index (χ2v) is 2.32. The smallest absolute Gasteiger partial charge is 0.132 e. The molecule has 3 N–H and O–H groups in total. The molecule has 2 nitrogen and oxygen atoms in total. The summed E-state index contributed by atoms with van der Waals surface area (Å²) >= 11 is 0. The predicted molar refractivity (Wildman–Crippen MR) is 30.2 cm³/mol. The number of aliphatic hydroxyl groups is 1. The van der Waals surface area contributed by atoms with Crippen LogP contribution in [0.2, 0.25) is 0 Å². The Labute approximate surface area is 48.5 Å². The van der Waals surface area contributed by atoms with E-state index in [4.69, 9.17) is 10.8 Å². The summed E-state index contributed by atoms with van der Waals surface area (Å²) < 4.78 is 12.5. The van der Waals surface area contributed by atoms with Gasteiger partial charge in [-0.2, -0.15) is 0 Å². The van der Waals surface area contributed by atoms with E-state index < -0.39 is 11.8 Å². The van der Waals surface area contributed by atoms with E-state index in [9.17, 15) is 4.39 Å². The van der Waals surface area contributed by atoms with Crippen molar-refractivity contribution in [2.75, 3.05) is 6.54 Å². The van der Waals surface area contributed by atoms with Gasteiger partial charge in [0.2, 0.25) is 0 Å². The summed E-state index contributed by atoms with van der Waals surface area (Å²) in [5, 5.41) is 8.69. The monoisotopic (exact) mass is 121 g/mol. The van der Waals surface area contributed by atoms with E-state index in [2.05, 4.69) is 0 Å². The molecule has 0 aromatic heterocycles. The lowest BCUT2D eigenvalue weighted by Crippen LogP contribution is -2.37. The van der Waals surface area contributed by atoms with Crippen LogP contribution < -0.4 is 5.73 Å². The Hall–Kier alpha value is -0.150. The second kappa shape index (κ2) is 2.42. The van der Waals surface area contributed by atoms with Crippen molar-refractivity contribution >= 4 is 0 Å². The standard InChI is InChI=1S/C5H12FNO/c1-5(2,6)4(8)3-7/h4,8H,3,7H2,1-2H3. The third-order valence-electron chi connectivity index (χ3n) is 1.02. The van der Waals surface area contributed by atoms with E-state index in [1.54, 1.807) is 0 Å². The lowest BCUT2D eigenvalue weighted by atomic mass is 10.1. The predicted octanol–water partition coefficient (Wildman–Crippen LogP) is 0.0541. The van der Waals surface area contributed by atoms with Gasteiger partial charge in [0.25, 0.3) is 0 Å². The maximum Gasteiger partial charge on any atom is 0.132 e. The molecular weight excluding hydrogens is 109 g/mol. The highest BCUT2D eigenvalue weighted by Crippen LogP contribution is 2.12. The third-order valence-corrected chi connectivity index (χ3v) is 1.02. The zero-order valence-corrected chi connectivity index (χ0v) is 5.19. The summed E-state index contributed by atoms with van der Waals surface area (Å²) in [6.45, 7) is 2.57. The first-order valence-electron chi connectivity index (χ1n) is 2.55. The minimum absolute atomic E-state index is 0.0243. The topological polar surface area (TPSA) is 46.2 Å². The molecule has 0 bridgehead atoms. The van der Waals surface area contributed by atoms with Crippen LogP contribution in [0.3, 0.4) is 0 Å². The molecule has 8 heavy (non-hydrogen) atoms. The first-order chi connectivity index (χ1) is 3.48. The number of halogens is 1. The van der Waals surface area contributed by atoms with Crippen LogP contribution in [0.5, 0.6) is 0 Å². The Bertz CT molecular complexity index is 69.3. The molecule has 50 valence electrons. The van der Waals surface area contributed by atoms with E-state index in [-0.39, 0.29) is 6.54 Å². The molecule has 0 amide bonds. The molecule has 0 aliphatic rings. The van der Waals surface area contributed by atoms with Crippen molar-refractivity contribution in [3.63, 3.8) is 0 Å². The van der Waals surface area contributed by atoms with Crippen LogP contribution >= 0.6 is 0 Å². The van der Waals surface area contributed by atoms with Crippen LogP contribution in [0.25, 0.3) is 0 Å². The van der Waals surface area contributed by atoms with Gasteiger partial charge in [-0.25, -0.2) is 4.39 Å². The molecule has 0 rings (SSSR count). The highest BCUT2D eigenvalue weighted by atomic mass is 19.1. The Morgan fingerprint density at radius 3 is 2.12 bits per heavy atom. The fraction of sp³-hybridized carbons (Fsp3) is 1.00. The van der Waals surface area contributed by atoms with Gasteiger partial charge in [-0.1, -0.05) is 0 Å². The molecule has 0 aliphatic heterocycles. The molecule has 0 fully saturated rings. The van der Waals surface area contributed by atoms with Crippen LogP contribution in [-0.4, -0.2) is 23.4 Å². The summed E-state index contributed by atoms with van der Waals surface area (Å²) in [6.07, 6.45) is -1.04. The lowest BCUT2D eigenvalue weighted by Gasteiger charge is -2.19. The molecule has 3 heteroatoms. The fourth-order valence-electron chi connectivity index (χ4n) is 0.280. The van der Waals surface area contributed by atoms with E-state index in [0.717, 1.165) is 0 Å². The zero-order valence-electron chi connectivity index (χ0n) is 5.19. The summed E-state index contributed by atoms with van der Waals surface area (Å²) in [7, 11) is 0. The normalized spacial score (nSPS) is 16.1. The molecule has 0 spiro atoms. The fourth-order valence-corrected chi connectivity index (χ4v) is 0.280. The summed E-state index contributed by atoms with van der Waals surface area (Å²) in [5.74, 6) is 0. The molecule has 0 aliphatic carbocycles. The van der Waals surface area contributed by atoms with Crippen molar-refractivity contribution in [2.45, 2.75) is 25.6 Å². The van der Waals surface area contributed by atoms with Crippen molar-refractivity contribution in [2.24, 2.45) is 5.73 Å². The molecule has 0 radical (unpaired) electrons. The van der Waals surface area contributed by atoms with E-state index in [1.165, 1.54) is 13.8 Å². The average molecular weight is 121 g/mol. The van der Waals surface area contributed by atoms with Crippen LogP contribution in [0.4, 0.5) is 4.39 Å². The Balaban J connectivity index is 3.62. The molecule has 0 aromatic rings. The summed E-state index contributed by atoms with van der Waals surface area (Å²) in [4.78, 5) is 0. The Morgan fingerprint density at radius 1 is 1.75 bits per heavy atom. The van der Waals surface area contributed by atoms with Crippen LogP contribution in [0.15, 0.2) is 0 Å².